The molecule has 0 saturated carbocycles. The Morgan fingerprint density at radius 1 is 0.681 bits per heavy atom. The molecule has 3 aromatic carbocycles. The summed E-state index contributed by atoms with van der Waals surface area (Å²) in [5.74, 6) is 2.00. The van der Waals surface area contributed by atoms with Crippen LogP contribution in [0.3, 0.4) is 0 Å². The zero-order valence-corrected chi connectivity index (χ0v) is 30.7. The molecule has 5 heteroatoms. The number of rotatable bonds is 5. The zero-order valence-electron chi connectivity index (χ0n) is 28.4. The Labute approximate surface area is 295 Å². The number of aryl methyl sites for hydroxylation is 3. The van der Waals surface area contributed by atoms with E-state index in [1.54, 1.807) is 0 Å². The van der Waals surface area contributed by atoms with Crippen molar-refractivity contribution >= 4 is 23.0 Å². The Morgan fingerprint density at radius 3 is 1.81 bits per heavy atom. The number of benzene rings is 3. The van der Waals surface area contributed by atoms with Gasteiger partial charge in [0, 0.05) is 31.0 Å². The molecule has 0 amide bonds. The summed E-state index contributed by atoms with van der Waals surface area (Å²) in [5, 5.41) is 0. The van der Waals surface area contributed by atoms with Crippen LogP contribution >= 0.6 is 0 Å². The Hall–Kier alpha value is -3.75. The molecule has 2 aliphatic rings. The number of aromatic nitrogens is 2. The van der Waals surface area contributed by atoms with Crippen LogP contribution in [-0.4, -0.2) is 23.1 Å². The third-order valence-electron chi connectivity index (χ3n) is 9.80. The first kappa shape index (κ1) is 33.2. The number of nitrogens with zero attached hydrogens (tertiary/aromatic N) is 4. The Kier molecular flexibility index (Phi) is 9.20. The van der Waals surface area contributed by atoms with Gasteiger partial charge in [-0.15, -0.1) is 11.1 Å². The van der Waals surface area contributed by atoms with Crippen LogP contribution in [0.25, 0.3) is 11.1 Å². The molecule has 242 valence electrons. The molecule has 0 bridgehead atoms. The minimum atomic E-state index is -0.294. The van der Waals surface area contributed by atoms with Crippen molar-refractivity contribution in [1.82, 2.24) is 9.97 Å². The average Bonchev–Trinajstić information content (AvgIpc) is 3.07. The van der Waals surface area contributed by atoms with Crippen LogP contribution in [-0.2, 0) is 44.7 Å². The van der Waals surface area contributed by atoms with Crippen LogP contribution in [0.2, 0.25) is 0 Å². The van der Waals surface area contributed by atoms with Gasteiger partial charge in [0.2, 0.25) is 0 Å². The molecule has 0 unspecified atom stereocenters. The summed E-state index contributed by atoms with van der Waals surface area (Å²) in [6.45, 7) is 15.5. The minimum Gasteiger partial charge on any atom is -0.350 e. The second-order valence-electron chi connectivity index (χ2n) is 14.5. The quantitative estimate of drug-likeness (QED) is 0.166. The van der Waals surface area contributed by atoms with Gasteiger partial charge in [0.05, 0.1) is 0 Å². The topological polar surface area (TPSA) is 32.3 Å². The molecule has 47 heavy (non-hydrogen) atoms. The van der Waals surface area contributed by atoms with E-state index < -0.39 is 0 Å². The van der Waals surface area contributed by atoms with Crippen molar-refractivity contribution in [2.24, 2.45) is 0 Å². The van der Waals surface area contributed by atoms with Crippen LogP contribution in [0, 0.1) is 19.1 Å². The second kappa shape index (κ2) is 13.0. The molecular weight excluding hydrogens is 756 g/mol. The van der Waals surface area contributed by atoms with E-state index in [9.17, 15) is 0 Å². The number of anilines is 4. The number of pyridine rings is 2. The predicted octanol–water partition coefficient (Wildman–Crippen LogP) is 9.84. The van der Waals surface area contributed by atoms with Crippen LogP contribution in [0.5, 0.6) is 0 Å². The molecule has 0 saturated heterocycles. The van der Waals surface area contributed by atoms with Gasteiger partial charge in [0.1, 0.15) is 11.6 Å². The van der Waals surface area contributed by atoms with Crippen LogP contribution in [0.4, 0.5) is 23.0 Å². The second-order valence-corrected chi connectivity index (χ2v) is 14.5. The number of hydrogen-bond acceptors (Lipinski definition) is 4. The molecule has 4 nitrogen and oxygen atoms in total. The molecule has 0 atom stereocenters. The maximum absolute atomic E-state index is 5.08. The molecule has 7 rings (SSSR count). The summed E-state index contributed by atoms with van der Waals surface area (Å²) >= 11 is 0. The third-order valence-corrected chi connectivity index (χ3v) is 9.80. The first-order chi connectivity index (χ1) is 22.1. The Balaban J connectivity index is 0.00000386. The molecule has 0 fully saturated rings. The molecule has 0 spiro atoms. The van der Waals surface area contributed by atoms with E-state index in [0.29, 0.717) is 0 Å². The van der Waals surface area contributed by atoms with Gasteiger partial charge in [-0.3, -0.25) is 0 Å². The van der Waals surface area contributed by atoms with Gasteiger partial charge in [0.15, 0.2) is 0 Å². The SMILES string of the molecule is Cc1ccnc(N2CCCc3ccc(C(C)(C)c4[c-]c5c(cc4)CCCN5c4cc(C(C)(C)C)c(-c5ccccc5)cn4)[c-]c32)c1.[Pt+2]. The van der Waals surface area contributed by atoms with E-state index in [4.69, 9.17) is 9.97 Å². The monoisotopic (exact) mass is 799 g/mol. The molecular formula is C42H44N4Pt. The number of hydrogen-bond donors (Lipinski definition) is 0. The van der Waals surface area contributed by atoms with E-state index >= 15 is 0 Å². The van der Waals surface area contributed by atoms with Gasteiger partial charge in [-0.05, 0) is 65.5 Å². The molecule has 5 aromatic rings. The zero-order chi connectivity index (χ0) is 32.1. The van der Waals surface area contributed by atoms with Crippen molar-refractivity contribution in [3.63, 3.8) is 0 Å². The van der Waals surface area contributed by atoms with Crippen LogP contribution in [0.15, 0.2) is 85.2 Å². The molecule has 0 N–H and O–H groups in total. The summed E-state index contributed by atoms with van der Waals surface area (Å²) in [6.07, 6.45) is 8.32. The smallest absolute Gasteiger partial charge is 0.350 e. The van der Waals surface area contributed by atoms with Crippen molar-refractivity contribution in [2.75, 3.05) is 22.9 Å². The predicted molar refractivity (Wildman–Crippen MR) is 191 cm³/mol. The van der Waals surface area contributed by atoms with Gasteiger partial charge in [-0.25, -0.2) is 9.97 Å². The van der Waals surface area contributed by atoms with E-state index in [1.165, 1.54) is 44.5 Å². The Bertz CT molecular complexity index is 1890. The summed E-state index contributed by atoms with van der Waals surface area (Å²) in [4.78, 5) is 14.6. The molecule has 4 heterocycles. The largest absolute Gasteiger partial charge is 2.00 e. The van der Waals surface area contributed by atoms with Crippen LogP contribution in [0.1, 0.15) is 80.8 Å². The molecule has 0 aliphatic carbocycles. The van der Waals surface area contributed by atoms with Gasteiger partial charge >= 0.3 is 21.1 Å². The minimum absolute atomic E-state index is 0. The van der Waals surface area contributed by atoms with Gasteiger partial charge < -0.3 is 9.80 Å². The first-order valence-electron chi connectivity index (χ1n) is 16.7. The fourth-order valence-electron chi connectivity index (χ4n) is 7.05. The van der Waals surface area contributed by atoms with Gasteiger partial charge in [0.25, 0.3) is 0 Å². The number of fused-ring (bicyclic) bond motifs is 2. The van der Waals surface area contributed by atoms with Crippen molar-refractivity contribution in [3.05, 3.63) is 131 Å². The maximum Gasteiger partial charge on any atom is 2.00 e. The molecule has 2 aliphatic heterocycles. The van der Waals surface area contributed by atoms with Crippen LogP contribution < -0.4 is 9.80 Å². The molecule has 2 aromatic heterocycles. The summed E-state index contributed by atoms with van der Waals surface area (Å²) in [5.41, 5.74) is 11.9. The fourth-order valence-corrected chi connectivity index (χ4v) is 7.05. The van der Waals surface area contributed by atoms with E-state index in [2.05, 4.69) is 142 Å². The van der Waals surface area contributed by atoms with Crippen molar-refractivity contribution in [2.45, 2.75) is 78.1 Å². The normalized spacial score (nSPS) is 14.7. The van der Waals surface area contributed by atoms with Crippen molar-refractivity contribution < 1.29 is 21.1 Å². The third kappa shape index (κ3) is 6.42. The average molecular weight is 800 g/mol. The van der Waals surface area contributed by atoms with E-state index in [-0.39, 0.29) is 31.9 Å². The maximum atomic E-state index is 5.08. The van der Waals surface area contributed by atoms with E-state index in [1.807, 2.05) is 6.20 Å². The standard InChI is InChI=1S/C42H44N4.Pt/c1-29-20-21-43-39(24-29)45-22-10-14-31-16-18-33(25-37(31)45)42(5,6)34-19-17-32-15-11-23-46(38(32)26-34)40-27-36(41(2,3)4)35(28-44-40)30-12-8-7-9-13-30;/h7-9,12-13,16-21,24,27-28H,10-11,14-15,22-23H2,1-6H3;/q-2;+2. The summed E-state index contributed by atoms with van der Waals surface area (Å²) in [6, 6.07) is 34.2. The van der Waals surface area contributed by atoms with Gasteiger partial charge in [-0.2, -0.15) is 47.5 Å². The molecule has 0 radical (unpaired) electrons. The first-order valence-corrected chi connectivity index (χ1v) is 16.7. The fraction of sp³-hybridized carbons (Fsp3) is 0.333. The summed E-state index contributed by atoms with van der Waals surface area (Å²) in [7, 11) is 0. The Morgan fingerprint density at radius 2 is 1.26 bits per heavy atom. The van der Waals surface area contributed by atoms with Crippen molar-refractivity contribution in [3.8, 4) is 11.1 Å². The van der Waals surface area contributed by atoms with Crippen molar-refractivity contribution in [1.29, 1.82) is 0 Å². The van der Waals surface area contributed by atoms with E-state index in [0.717, 1.165) is 61.8 Å². The summed E-state index contributed by atoms with van der Waals surface area (Å²) < 4.78 is 0. The van der Waals surface area contributed by atoms with Gasteiger partial charge in [-0.1, -0.05) is 89.2 Å².